The Kier molecular flexibility index (Phi) is 5.98. The Labute approximate surface area is 175 Å². The number of halogens is 1. The summed E-state index contributed by atoms with van der Waals surface area (Å²) in [5, 5.41) is 0. The van der Waals surface area contributed by atoms with Crippen molar-refractivity contribution < 1.29 is 13.2 Å². The fourth-order valence-electron chi connectivity index (χ4n) is 3.63. The molecule has 1 amide bonds. The minimum Gasteiger partial charge on any atom is -0.336 e. The van der Waals surface area contributed by atoms with Gasteiger partial charge in [0.05, 0.1) is 10.5 Å². The average Bonchev–Trinajstić information content (AvgIpc) is 2.66. The molecule has 7 heteroatoms. The maximum absolute atomic E-state index is 13.3. The van der Waals surface area contributed by atoms with E-state index in [-0.39, 0.29) is 5.91 Å². The van der Waals surface area contributed by atoms with E-state index in [4.69, 9.17) is 0 Å². The van der Waals surface area contributed by atoms with Crippen molar-refractivity contribution in [3.8, 4) is 0 Å². The number of aryl methyl sites for hydroxylation is 2. The molecule has 0 bridgehead atoms. The van der Waals surface area contributed by atoms with Crippen molar-refractivity contribution in [2.45, 2.75) is 32.6 Å². The molecule has 0 aliphatic carbocycles. The van der Waals surface area contributed by atoms with Gasteiger partial charge in [-0.25, -0.2) is 8.42 Å². The third-order valence-electron chi connectivity index (χ3n) is 5.53. The van der Waals surface area contributed by atoms with Gasteiger partial charge < -0.3 is 4.90 Å². The SMILES string of the molecule is Cc1cc(C)c(C)c(S(=O)(=O)N2CCN(C(=O)c3ccccc3Br)CC2)c1C. The van der Waals surface area contributed by atoms with Gasteiger partial charge >= 0.3 is 0 Å². The Morgan fingerprint density at radius 3 is 2.00 bits per heavy atom. The van der Waals surface area contributed by atoms with E-state index in [1.165, 1.54) is 4.31 Å². The van der Waals surface area contributed by atoms with Crippen LogP contribution in [-0.4, -0.2) is 49.7 Å². The number of amides is 1. The predicted molar refractivity (Wildman–Crippen MR) is 114 cm³/mol. The molecule has 0 aromatic heterocycles. The maximum atomic E-state index is 13.3. The Hall–Kier alpha value is -1.70. The second-order valence-corrected chi connectivity index (χ2v) is 9.99. The highest BCUT2D eigenvalue weighted by Gasteiger charge is 2.33. The van der Waals surface area contributed by atoms with Crippen LogP contribution in [0.1, 0.15) is 32.6 Å². The average molecular weight is 465 g/mol. The van der Waals surface area contributed by atoms with Crippen LogP contribution in [0, 0.1) is 27.7 Å². The fourth-order valence-corrected chi connectivity index (χ4v) is 6.09. The van der Waals surface area contributed by atoms with Crippen molar-refractivity contribution in [3.05, 3.63) is 62.6 Å². The molecule has 3 rings (SSSR count). The number of hydrogen-bond acceptors (Lipinski definition) is 3. The molecule has 1 fully saturated rings. The molecule has 0 unspecified atom stereocenters. The summed E-state index contributed by atoms with van der Waals surface area (Å²) >= 11 is 3.41. The summed E-state index contributed by atoms with van der Waals surface area (Å²) in [7, 11) is -3.60. The Morgan fingerprint density at radius 1 is 0.929 bits per heavy atom. The zero-order chi connectivity index (χ0) is 20.6. The number of sulfonamides is 1. The van der Waals surface area contributed by atoms with Crippen molar-refractivity contribution in [2.75, 3.05) is 26.2 Å². The van der Waals surface area contributed by atoms with E-state index in [9.17, 15) is 13.2 Å². The lowest BCUT2D eigenvalue weighted by atomic mass is 10.0. The molecule has 2 aromatic rings. The van der Waals surface area contributed by atoms with Crippen LogP contribution in [0.25, 0.3) is 0 Å². The van der Waals surface area contributed by atoms with E-state index in [1.54, 1.807) is 11.0 Å². The number of nitrogens with zero attached hydrogens (tertiary/aromatic N) is 2. The first kappa shape index (κ1) is 21.0. The fraction of sp³-hybridized carbons (Fsp3) is 0.381. The van der Waals surface area contributed by atoms with Gasteiger partial charge in [-0.15, -0.1) is 0 Å². The lowest BCUT2D eigenvalue weighted by Crippen LogP contribution is -2.50. The molecule has 28 heavy (non-hydrogen) atoms. The van der Waals surface area contributed by atoms with Gasteiger partial charge in [0.25, 0.3) is 5.91 Å². The van der Waals surface area contributed by atoms with Crippen molar-refractivity contribution in [2.24, 2.45) is 0 Å². The lowest BCUT2D eigenvalue weighted by molar-refractivity contribution is 0.0697. The second-order valence-electron chi connectivity index (χ2n) is 7.27. The van der Waals surface area contributed by atoms with Crippen molar-refractivity contribution in [1.29, 1.82) is 0 Å². The van der Waals surface area contributed by atoms with Crippen LogP contribution in [0.15, 0.2) is 39.7 Å². The van der Waals surface area contributed by atoms with Gasteiger partial charge in [-0.2, -0.15) is 4.31 Å². The Balaban J connectivity index is 1.82. The molecule has 0 atom stereocenters. The van der Waals surface area contributed by atoms with E-state index in [2.05, 4.69) is 15.9 Å². The predicted octanol–water partition coefficient (Wildman–Crippen LogP) is 3.83. The third-order valence-corrected chi connectivity index (χ3v) is 8.39. The topological polar surface area (TPSA) is 57.7 Å². The van der Waals surface area contributed by atoms with Crippen LogP contribution >= 0.6 is 15.9 Å². The summed E-state index contributed by atoms with van der Waals surface area (Å²) in [6.07, 6.45) is 0. The van der Waals surface area contributed by atoms with Crippen LogP contribution in [0.3, 0.4) is 0 Å². The zero-order valence-corrected chi connectivity index (χ0v) is 19.0. The molecule has 0 saturated carbocycles. The Bertz CT molecular complexity index is 1000. The molecule has 1 aliphatic rings. The van der Waals surface area contributed by atoms with Crippen LogP contribution < -0.4 is 0 Å². The normalized spacial score (nSPS) is 15.7. The Morgan fingerprint density at radius 2 is 1.46 bits per heavy atom. The zero-order valence-electron chi connectivity index (χ0n) is 16.6. The minimum atomic E-state index is -3.60. The van der Waals surface area contributed by atoms with Gasteiger partial charge in [0.15, 0.2) is 0 Å². The van der Waals surface area contributed by atoms with Gasteiger partial charge in [-0.05, 0) is 78.0 Å². The summed E-state index contributed by atoms with van der Waals surface area (Å²) in [6, 6.07) is 9.32. The van der Waals surface area contributed by atoms with Gasteiger partial charge in [-0.1, -0.05) is 18.2 Å². The standard InChI is InChI=1S/C21H25BrN2O3S/c1-14-13-15(2)17(4)20(16(14)3)28(26,27)24-11-9-23(10-12-24)21(25)18-7-5-6-8-19(18)22/h5-8,13H,9-12H2,1-4H3. The van der Waals surface area contributed by atoms with E-state index >= 15 is 0 Å². The molecule has 150 valence electrons. The van der Waals surface area contributed by atoms with Gasteiger partial charge in [0, 0.05) is 30.7 Å². The first-order valence-corrected chi connectivity index (χ1v) is 11.5. The number of hydrogen-bond donors (Lipinski definition) is 0. The molecule has 5 nitrogen and oxygen atoms in total. The maximum Gasteiger partial charge on any atom is 0.255 e. The largest absolute Gasteiger partial charge is 0.336 e. The third kappa shape index (κ3) is 3.75. The number of carbonyl (C=O) groups is 1. The highest BCUT2D eigenvalue weighted by atomic mass is 79.9. The van der Waals surface area contributed by atoms with E-state index in [0.717, 1.165) is 26.7 Å². The molecule has 0 N–H and O–H groups in total. The van der Waals surface area contributed by atoms with Gasteiger partial charge in [0.2, 0.25) is 10.0 Å². The summed E-state index contributed by atoms with van der Waals surface area (Å²) in [5.41, 5.74) is 4.15. The smallest absolute Gasteiger partial charge is 0.255 e. The van der Waals surface area contributed by atoms with Crippen LogP contribution in [0.4, 0.5) is 0 Å². The number of carbonyl (C=O) groups excluding carboxylic acids is 1. The summed E-state index contributed by atoms with van der Waals surface area (Å²) in [4.78, 5) is 14.9. The molecule has 2 aromatic carbocycles. The molecule has 0 spiro atoms. The molecular formula is C21H25BrN2O3S. The van der Waals surface area contributed by atoms with Gasteiger partial charge in [0.1, 0.15) is 0 Å². The monoisotopic (exact) mass is 464 g/mol. The van der Waals surface area contributed by atoms with Crippen molar-refractivity contribution >= 4 is 31.9 Å². The number of benzene rings is 2. The second kappa shape index (κ2) is 7.97. The highest BCUT2D eigenvalue weighted by molar-refractivity contribution is 9.10. The highest BCUT2D eigenvalue weighted by Crippen LogP contribution is 2.29. The lowest BCUT2D eigenvalue weighted by Gasteiger charge is -2.35. The molecular weight excluding hydrogens is 440 g/mol. The number of rotatable bonds is 3. The summed E-state index contributed by atoms with van der Waals surface area (Å²) in [5.74, 6) is -0.0803. The van der Waals surface area contributed by atoms with E-state index in [1.807, 2.05) is 52.0 Å². The van der Waals surface area contributed by atoms with Crippen LogP contribution in [-0.2, 0) is 10.0 Å². The minimum absolute atomic E-state index is 0.0803. The van der Waals surface area contributed by atoms with E-state index < -0.39 is 10.0 Å². The van der Waals surface area contributed by atoms with Crippen molar-refractivity contribution in [1.82, 2.24) is 9.21 Å². The summed E-state index contributed by atoms with van der Waals surface area (Å²) in [6.45, 7) is 8.95. The number of piperazine rings is 1. The molecule has 0 radical (unpaired) electrons. The summed E-state index contributed by atoms with van der Waals surface area (Å²) < 4.78 is 28.9. The quantitative estimate of drug-likeness (QED) is 0.693. The molecule has 1 heterocycles. The van der Waals surface area contributed by atoms with E-state index in [0.29, 0.717) is 36.6 Å². The first-order valence-electron chi connectivity index (χ1n) is 9.26. The van der Waals surface area contributed by atoms with Crippen molar-refractivity contribution in [3.63, 3.8) is 0 Å². The van der Waals surface area contributed by atoms with Crippen LogP contribution in [0.5, 0.6) is 0 Å². The van der Waals surface area contributed by atoms with Gasteiger partial charge in [-0.3, -0.25) is 4.79 Å². The molecule has 1 saturated heterocycles. The van der Waals surface area contributed by atoms with Crippen LogP contribution in [0.2, 0.25) is 0 Å². The molecule has 1 aliphatic heterocycles. The first-order chi connectivity index (χ1) is 13.1.